The van der Waals surface area contributed by atoms with E-state index < -0.39 is 15.8 Å². The zero-order valence-electron chi connectivity index (χ0n) is 18.0. The van der Waals surface area contributed by atoms with Crippen LogP contribution in [0.1, 0.15) is 24.3 Å². The van der Waals surface area contributed by atoms with Crippen molar-refractivity contribution in [1.82, 2.24) is 10.3 Å². The number of hydrogen-bond acceptors (Lipinski definition) is 6. The molecule has 0 spiro atoms. The van der Waals surface area contributed by atoms with Gasteiger partial charge in [-0.2, -0.15) is 0 Å². The quantitative estimate of drug-likeness (QED) is 0.542. The highest BCUT2D eigenvalue weighted by atomic mass is 32.2. The fourth-order valence-electron chi connectivity index (χ4n) is 3.58. The van der Waals surface area contributed by atoms with E-state index in [1.165, 1.54) is 18.2 Å². The molecule has 0 radical (unpaired) electrons. The van der Waals surface area contributed by atoms with Crippen molar-refractivity contribution in [3.63, 3.8) is 0 Å². The molecule has 4 rings (SSSR count). The van der Waals surface area contributed by atoms with Crippen LogP contribution < -0.4 is 10.0 Å². The van der Waals surface area contributed by atoms with E-state index in [4.69, 9.17) is 9.15 Å². The van der Waals surface area contributed by atoms with Crippen molar-refractivity contribution >= 4 is 21.6 Å². The van der Waals surface area contributed by atoms with Crippen molar-refractivity contribution in [2.75, 3.05) is 17.9 Å². The standard InChI is InChI=1S/C23H24FN3O5S/c1-15-21(14-25-22(28)16-9-11-31-12-10-16)26-23(32-15)19-7-2-3-8-20(19)27-33(29,30)18-6-4-5-17(24)13-18/h2-8,13,16,27H,9-12,14H2,1H3,(H,25,28). The predicted octanol–water partition coefficient (Wildman–Crippen LogP) is 3.63. The molecule has 174 valence electrons. The average Bonchev–Trinajstić information content (AvgIpc) is 3.18. The maximum absolute atomic E-state index is 13.5. The van der Waals surface area contributed by atoms with E-state index in [2.05, 4.69) is 15.0 Å². The Morgan fingerprint density at radius 3 is 2.67 bits per heavy atom. The van der Waals surface area contributed by atoms with Crippen LogP contribution in [0.4, 0.5) is 10.1 Å². The summed E-state index contributed by atoms with van der Waals surface area (Å²) in [5.74, 6) is -0.0590. The summed E-state index contributed by atoms with van der Waals surface area (Å²) >= 11 is 0. The van der Waals surface area contributed by atoms with Crippen LogP contribution in [0.15, 0.2) is 57.8 Å². The van der Waals surface area contributed by atoms with Gasteiger partial charge in [-0.3, -0.25) is 9.52 Å². The largest absolute Gasteiger partial charge is 0.441 e. The molecule has 1 aromatic heterocycles. The number of amides is 1. The first-order valence-electron chi connectivity index (χ1n) is 10.5. The van der Waals surface area contributed by atoms with Gasteiger partial charge in [0.05, 0.1) is 22.7 Å². The Bertz CT molecular complexity index is 1250. The Balaban J connectivity index is 1.53. The number of anilines is 1. The minimum absolute atomic E-state index is 0.0505. The van der Waals surface area contributed by atoms with Crippen molar-refractivity contribution in [1.29, 1.82) is 0 Å². The number of rotatable bonds is 7. The van der Waals surface area contributed by atoms with Crippen molar-refractivity contribution in [2.45, 2.75) is 31.2 Å². The predicted molar refractivity (Wildman–Crippen MR) is 119 cm³/mol. The number of carbonyl (C=O) groups excluding carboxylic acids is 1. The van der Waals surface area contributed by atoms with Gasteiger partial charge in [-0.15, -0.1) is 0 Å². The maximum Gasteiger partial charge on any atom is 0.262 e. The molecule has 0 saturated carbocycles. The van der Waals surface area contributed by atoms with E-state index in [-0.39, 0.29) is 34.8 Å². The molecule has 0 atom stereocenters. The number of ether oxygens (including phenoxy) is 1. The molecule has 0 bridgehead atoms. The van der Waals surface area contributed by atoms with Gasteiger partial charge in [0.25, 0.3) is 10.0 Å². The molecule has 1 amide bonds. The summed E-state index contributed by atoms with van der Waals surface area (Å²) in [6, 6.07) is 11.4. The van der Waals surface area contributed by atoms with Crippen LogP contribution in [0.2, 0.25) is 0 Å². The monoisotopic (exact) mass is 473 g/mol. The Labute approximate surface area is 191 Å². The molecule has 0 unspecified atom stereocenters. The van der Waals surface area contributed by atoms with E-state index in [1.807, 2.05) is 0 Å². The number of hydrogen-bond donors (Lipinski definition) is 2. The lowest BCUT2D eigenvalue weighted by Crippen LogP contribution is -2.34. The lowest BCUT2D eigenvalue weighted by atomic mass is 9.99. The van der Waals surface area contributed by atoms with Crippen molar-refractivity contribution in [3.05, 3.63) is 65.8 Å². The molecule has 8 nitrogen and oxygen atoms in total. The summed E-state index contributed by atoms with van der Waals surface area (Å²) in [5.41, 5.74) is 1.21. The SMILES string of the molecule is Cc1oc(-c2ccccc2NS(=O)(=O)c2cccc(F)c2)nc1CNC(=O)C1CCOCC1. The highest BCUT2D eigenvalue weighted by molar-refractivity contribution is 7.92. The molecule has 1 aliphatic heterocycles. The fraction of sp³-hybridized carbons (Fsp3) is 0.304. The molecule has 0 aliphatic carbocycles. The zero-order chi connectivity index (χ0) is 23.4. The van der Waals surface area contributed by atoms with E-state index in [0.29, 0.717) is 43.1 Å². The van der Waals surface area contributed by atoms with Crippen LogP contribution in [-0.2, 0) is 26.1 Å². The highest BCUT2D eigenvalue weighted by Crippen LogP contribution is 2.30. The normalized spacial score (nSPS) is 14.7. The topological polar surface area (TPSA) is 111 Å². The minimum atomic E-state index is -4.03. The Morgan fingerprint density at radius 2 is 1.91 bits per heavy atom. The Hall–Kier alpha value is -3.24. The van der Waals surface area contributed by atoms with Gasteiger partial charge >= 0.3 is 0 Å². The van der Waals surface area contributed by atoms with Crippen LogP contribution in [0.5, 0.6) is 0 Å². The number of benzene rings is 2. The Morgan fingerprint density at radius 1 is 1.15 bits per heavy atom. The lowest BCUT2D eigenvalue weighted by molar-refractivity contribution is -0.128. The van der Waals surface area contributed by atoms with Crippen molar-refractivity contribution < 1.29 is 26.8 Å². The van der Waals surface area contributed by atoms with Crippen LogP contribution in [0.25, 0.3) is 11.5 Å². The van der Waals surface area contributed by atoms with Crippen molar-refractivity contribution in [2.24, 2.45) is 5.92 Å². The van der Waals surface area contributed by atoms with Gasteiger partial charge in [-0.05, 0) is 50.1 Å². The number of sulfonamides is 1. The summed E-state index contributed by atoms with van der Waals surface area (Å²) in [5, 5.41) is 2.89. The Kier molecular flexibility index (Phi) is 6.75. The molecule has 1 aliphatic rings. The summed E-state index contributed by atoms with van der Waals surface area (Å²) in [6.45, 7) is 3.08. The zero-order valence-corrected chi connectivity index (χ0v) is 18.8. The molecule has 3 aromatic rings. The smallest absolute Gasteiger partial charge is 0.262 e. The first kappa shape index (κ1) is 22.9. The van der Waals surface area contributed by atoms with E-state index in [9.17, 15) is 17.6 Å². The highest BCUT2D eigenvalue weighted by Gasteiger charge is 2.23. The summed E-state index contributed by atoms with van der Waals surface area (Å²) in [6.07, 6.45) is 1.38. The molecule has 1 saturated heterocycles. The number of nitrogens with zero attached hydrogens (tertiary/aromatic N) is 1. The van der Waals surface area contributed by atoms with Crippen LogP contribution in [-0.4, -0.2) is 32.5 Å². The third kappa shape index (κ3) is 5.40. The third-order valence-corrected chi connectivity index (χ3v) is 6.79. The van der Waals surface area contributed by atoms with Gasteiger partial charge in [-0.25, -0.2) is 17.8 Å². The second kappa shape index (κ2) is 9.72. The van der Waals surface area contributed by atoms with Gasteiger partial charge in [0, 0.05) is 19.1 Å². The average molecular weight is 474 g/mol. The minimum Gasteiger partial charge on any atom is -0.441 e. The fourth-order valence-corrected chi connectivity index (χ4v) is 4.69. The van der Waals surface area contributed by atoms with Gasteiger partial charge in [-0.1, -0.05) is 18.2 Å². The van der Waals surface area contributed by atoms with E-state index >= 15 is 0 Å². The lowest BCUT2D eigenvalue weighted by Gasteiger charge is -2.20. The first-order chi connectivity index (χ1) is 15.8. The van der Waals surface area contributed by atoms with Crippen LogP contribution >= 0.6 is 0 Å². The van der Waals surface area contributed by atoms with Gasteiger partial charge in [0.2, 0.25) is 11.8 Å². The van der Waals surface area contributed by atoms with Gasteiger partial charge in [0.15, 0.2) is 0 Å². The number of para-hydroxylation sites is 1. The number of oxazole rings is 1. The summed E-state index contributed by atoms with van der Waals surface area (Å²) in [7, 11) is -4.03. The van der Waals surface area contributed by atoms with Gasteiger partial charge < -0.3 is 14.5 Å². The maximum atomic E-state index is 13.5. The number of aromatic nitrogens is 1. The molecule has 33 heavy (non-hydrogen) atoms. The number of carbonyl (C=O) groups is 1. The molecule has 2 N–H and O–H groups in total. The second-order valence-electron chi connectivity index (χ2n) is 7.73. The molecular formula is C23H24FN3O5S. The summed E-state index contributed by atoms with van der Waals surface area (Å²) in [4.78, 5) is 16.7. The molecule has 2 heterocycles. The van der Waals surface area contributed by atoms with Crippen molar-refractivity contribution in [3.8, 4) is 11.5 Å². The first-order valence-corrected chi connectivity index (χ1v) is 12.0. The van der Waals surface area contributed by atoms with Crippen LogP contribution in [0.3, 0.4) is 0 Å². The van der Waals surface area contributed by atoms with Gasteiger partial charge in [0.1, 0.15) is 17.3 Å². The number of aryl methyl sites for hydroxylation is 1. The molecule has 2 aromatic carbocycles. The third-order valence-electron chi connectivity index (χ3n) is 5.42. The number of halogens is 1. The number of nitrogens with one attached hydrogen (secondary N) is 2. The summed E-state index contributed by atoms with van der Waals surface area (Å²) < 4.78 is 52.6. The second-order valence-corrected chi connectivity index (χ2v) is 9.42. The molecular weight excluding hydrogens is 449 g/mol. The van der Waals surface area contributed by atoms with E-state index in [0.717, 1.165) is 6.07 Å². The van der Waals surface area contributed by atoms with E-state index in [1.54, 1.807) is 31.2 Å². The molecule has 1 fully saturated rings. The van der Waals surface area contributed by atoms with Crippen LogP contribution in [0, 0.1) is 18.7 Å². The molecule has 10 heteroatoms.